The number of carbonyl (C=O) groups is 1. The lowest BCUT2D eigenvalue weighted by atomic mass is 10.0. The fourth-order valence-electron chi connectivity index (χ4n) is 1.65. The van der Waals surface area contributed by atoms with Gasteiger partial charge in [0.1, 0.15) is 0 Å². The van der Waals surface area contributed by atoms with Crippen LogP contribution < -0.4 is 0 Å². The molecule has 20 heavy (non-hydrogen) atoms. The number of rotatable bonds is 4. The Morgan fingerprint density at radius 3 is 2.10 bits per heavy atom. The van der Waals surface area contributed by atoms with E-state index in [9.17, 15) is 13.6 Å². The molecule has 2 aromatic rings. The quantitative estimate of drug-likeness (QED) is 0.614. The van der Waals surface area contributed by atoms with Gasteiger partial charge < -0.3 is 4.74 Å². The van der Waals surface area contributed by atoms with E-state index in [1.165, 1.54) is 12.1 Å². The van der Waals surface area contributed by atoms with Crippen LogP contribution in [-0.2, 0) is 4.74 Å². The van der Waals surface area contributed by atoms with Crippen molar-refractivity contribution < 1.29 is 18.3 Å². The zero-order valence-corrected chi connectivity index (χ0v) is 10.6. The van der Waals surface area contributed by atoms with E-state index >= 15 is 0 Å². The molecule has 2 aromatic carbocycles. The van der Waals surface area contributed by atoms with Gasteiger partial charge in [-0.2, -0.15) is 8.78 Å². The predicted octanol–water partition coefficient (Wildman–Crippen LogP) is 4.29. The molecule has 2 nitrogen and oxygen atoms in total. The van der Waals surface area contributed by atoms with Gasteiger partial charge in [0.2, 0.25) is 0 Å². The maximum absolute atomic E-state index is 12.9. The second-order valence-electron chi connectivity index (χ2n) is 4.10. The maximum Gasteiger partial charge on any atom is 0.421 e. The van der Waals surface area contributed by atoms with Crippen molar-refractivity contribution in [3.05, 3.63) is 72.8 Å². The molecule has 0 aliphatic rings. The van der Waals surface area contributed by atoms with Crippen molar-refractivity contribution >= 4 is 5.97 Å². The third-order valence-electron chi connectivity index (χ3n) is 2.69. The summed E-state index contributed by atoms with van der Waals surface area (Å²) in [5, 5.41) is 0. The minimum atomic E-state index is -3.66. The van der Waals surface area contributed by atoms with Crippen molar-refractivity contribution in [2.24, 2.45) is 0 Å². The van der Waals surface area contributed by atoms with Crippen LogP contribution in [0.15, 0.2) is 67.3 Å². The van der Waals surface area contributed by atoms with Crippen LogP contribution in [0.2, 0.25) is 0 Å². The lowest BCUT2D eigenvalue weighted by Gasteiger charge is -2.12. The molecule has 0 aliphatic heterocycles. The van der Waals surface area contributed by atoms with E-state index < -0.39 is 12.1 Å². The fourth-order valence-corrected chi connectivity index (χ4v) is 1.65. The molecule has 0 aromatic heterocycles. The van der Waals surface area contributed by atoms with E-state index in [0.717, 1.165) is 11.1 Å². The molecule has 0 radical (unpaired) electrons. The molecule has 0 heterocycles. The Morgan fingerprint density at radius 1 is 1.00 bits per heavy atom. The summed E-state index contributed by atoms with van der Waals surface area (Å²) < 4.78 is 29.8. The van der Waals surface area contributed by atoms with Gasteiger partial charge in [0.25, 0.3) is 0 Å². The molecular weight excluding hydrogens is 262 g/mol. The van der Waals surface area contributed by atoms with Gasteiger partial charge in [-0.15, -0.1) is 0 Å². The monoisotopic (exact) mass is 274 g/mol. The van der Waals surface area contributed by atoms with E-state index in [-0.39, 0.29) is 11.6 Å². The van der Waals surface area contributed by atoms with Crippen molar-refractivity contribution in [2.75, 3.05) is 0 Å². The van der Waals surface area contributed by atoms with Crippen molar-refractivity contribution in [3.63, 3.8) is 0 Å². The summed E-state index contributed by atoms with van der Waals surface area (Å²) in [6.45, 7) is 2.91. The Morgan fingerprint density at radius 2 is 1.55 bits per heavy atom. The van der Waals surface area contributed by atoms with Crippen LogP contribution >= 0.6 is 0 Å². The van der Waals surface area contributed by atoms with Crippen LogP contribution in [0.1, 0.15) is 10.4 Å². The second-order valence-corrected chi connectivity index (χ2v) is 4.10. The van der Waals surface area contributed by atoms with Crippen LogP contribution in [-0.4, -0.2) is 12.1 Å². The van der Waals surface area contributed by atoms with Crippen molar-refractivity contribution in [1.82, 2.24) is 0 Å². The van der Waals surface area contributed by atoms with Gasteiger partial charge in [0, 0.05) is 6.08 Å². The first-order valence-electron chi connectivity index (χ1n) is 5.92. The number of alkyl halides is 2. The zero-order chi connectivity index (χ0) is 14.6. The summed E-state index contributed by atoms with van der Waals surface area (Å²) >= 11 is 0. The highest BCUT2D eigenvalue weighted by Gasteiger charge is 2.29. The van der Waals surface area contributed by atoms with Crippen molar-refractivity contribution in [1.29, 1.82) is 0 Å². The molecule has 0 fully saturated rings. The van der Waals surface area contributed by atoms with Gasteiger partial charge in [0.15, 0.2) is 0 Å². The highest BCUT2D eigenvalue weighted by atomic mass is 19.3. The van der Waals surface area contributed by atoms with Crippen LogP contribution in [0.25, 0.3) is 11.1 Å². The van der Waals surface area contributed by atoms with E-state index in [1.54, 1.807) is 12.1 Å². The second kappa shape index (κ2) is 5.65. The minimum absolute atomic E-state index is 0.0613. The highest BCUT2D eigenvalue weighted by Crippen LogP contribution is 2.22. The Bertz CT molecular complexity index is 604. The van der Waals surface area contributed by atoms with E-state index in [0.29, 0.717) is 0 Å². The molecule has 102 valence electrons. The smallest absolute Gasteiger partial charge is 0.394 e. The van der Waals surface area contributed by atoms with Gasteiger partial charge in [-0.1, -0.05) is 49.0 Å². The molecule has 0 atom stereocenters. The molecule has 0 spiro atoms. The van der Waals surface area contributed by atoms with Gasteiger partial charge >= 0.3 is 12.1 Å². The number of carbonyl (C=O) groups excluding carboxylic acids is 1. The first-order valence-corrected chi connectivity index (χ1v) is 5.92. The zero-order valence-electron chi connectivity index (χ0n) is 10.6. The first-order chi connectivity index (χ1) is 9.52. The summed E-state index contributed by atoms with van der Waals surface area (Å²) in [6, 6.07) is 15.8. The molecule has 0 saturated carbocycles. The largest absolute Gasteiger partial charge is 0.421 e. The average molecular weight is 274 g/mol. The van der Waals surface area contributed by atoms with Crippen LogP contribution in [0.4, 0.5) is 8.78 Å². The molecule has 2 rings (SSSR count). The van der Waals surface area contributed by atoms with Gasteiger partial charge in [0.05, 0.1) is 5.56 Å². The lowest BCUT2D eigenvalue weighted by Crippen LogP contribution is -2.22. The van der Waals surface area contributed by atoms with Gasteiger partial charge in [-0.25, -0.2) is 4.79 Å². The van der Waals surface area contributed by atoms with E-state index in [4.69, 9.17) is 0 Å². The fraction of sp³-hybridized carbons (Fsp3) is 0.0625. The number of benzene rings is 2. The molecule has 0 bridgehead atoms. The number of hydrogen-bond acceptors (Lipinski definition) is 2. The average Bonchev–Trinajstić information content (AvgIpc) is 2.48. The number of halogens is 2. The van der Waals surface area contributed by atoms with Crippen molar-refractivity contribution in [2.45, 2.75) is 6.11 Å². The molecule has 0 N–H and O–H groups in total. The topological polar surface area (TPSA) is 26.3 Å². The first kappa shape index (κ1) is 13.9. The minimum Gasteiger partial charge on any atom is -0.394 e. The normalized spacial score (nSPS) is 10.9. The Labute approximate surface area is 115 Å². The number of hydrogen-bond donors (Lipinski definition) is 0. The summed E-state index contributed by atoms with van der Waals surface area (Å²) in [7, 11) is 0. The van der Waals surface area contributed by atoms with Crippen LogP contribution in [0, 0.1) is 0 Å². The summed E-state index contributed by atoms with van der Waals surface area (Å²) in [6.07, 6.45) is -3.38. The molecule has 0 aliphatic carbocycles. The van der Waals surface area contributed by atoms with E-state index in [2.05, 4.69) is 11.3 Å². The molecule has 0 unspecified atom stereocenters. The molecule has 4 heteroatoms. The highest BCUT2D eigenvalue weighted by molar-refractivity contribution is 5.90. The van der Waals surface area contributed by atoms with Gasteiger partial charge in [-0.05, 0) is 23.3 Å². The standard InChI is InChI=1S/C16H12F2O2/c1-2-16(17,18)20-15(19)14-10-8-13(9-11-14)12-6-4-3-5-7-12/h2-11H,1H2. The Hall–Kier alpha value is -2.49. The predicted molar refractivity (Wildman–Crippen MR) is 72.4 cm³/mol. The number of esters is 1. The van der Waals surface area contributed by atoms with Gasteiger partial charge in [-0.3, -0.25) is 0 Å². The molecule has 0 amide bonds. The third-order valence-corrected chi connectivity index (χ3v) is 2.69. The lowest BCUT2D eigenvalue weighted by molar-refractivity contribution is -0.160. The third kappa shape index (κ3) is 3.29. The van der Waals surface area contributed by atoms with Crippen molar-refractivity contribution in [3.8, 4) is 11.1 Å². The summed E-state index contributed by atoms with van der Waals surface area (Å²) in [5.41, 5.74) is 1.92. The van der Waals surface area contributed by atoms with Crippen LogP contribution in [0.3, 0.4) is 0 Å². The Kier molecular flexibility index (Phi) is 3.94. The SMILES string of the molecule is C=CC(F)(F)OC(=O)c1ccc(-c2ccccc2)cc1. The summed E-state index contributed by atoms with van der Waals surface area (Å²) in [5.74, 6) is -1.09. The number of ether oxygens (including phenoxy) is 1. The molecular formula is C16H12F2O2. The summed E-state index contributed by atoms with van der Waals surface area (Å²) in [4.78, 5) is 11.5. The van der Waals surface area contributed by atoms with Crippen LogP contribution in [0.5, 0.6) is 0 Å². The maximum atomic E-state index is 12.9. The molecule has 0 saturated heterocycles. The van der Waals surface area contributed by atoms with E-state index in [1.807, 2.05) is 30.3 Å². The Balaban J connectivity index is 2.17.